The Bertz CT molecular complexity index is 930. The Kier molecular flexibility index (Phi) is 5.38. The molecule has 27 heavy (non-hydrogen) atoms. The first-order chi connectivity index (χ1) is 12.8. The lowest BCUT2D eigenvalue weighted by molar-refractivity contribution is -0.137. The van der Waals surface area contributed by atoms with Gasteiger partial charge in [0.25, 0.3) is 11.8 Å². The number of anilines is 1. The van der Waals surface area contributed by atoms with E-state index in [9.17, 15) is 9.59 Å². The maximum atomic E-state index is 13.0. The first-order valence-electron chi connectivity index (χ1n) is 8.98. The van der Waals surface area contributed by atoms with Crippen LogP contribution in [-0.2, 0) is 9.59 Å². The van der Waals surface area contributed by atoms with Crippen LogP contribution in [0.4, 0.5) is 5.69 Å². The topological polar surface area (TPSA) is 49.4 Å². The Morgan fingerprint density at radius 2 is 1.63 bits per heavy atom. The number of carbonyl (C=O) groups excluding carboxylic acids is 2. The number of hydrogen-bond acceptors (Lipinski definition) is 3. The third-order valence-corrected chi connectivity index (χ3v) is 4.88. The number of benzene rings is 2. The maximum absolute atomic E-state index is 13.0. The van der Waals surface area contributed by atoms with Gasteiger partial charge in [-0.15, -0.1) is 0 Å². The number of carbonyl (C=O) groups is 2. The zero-order valence-corrected chi connectivity index (χ0v) is 16.7. The SMILES string of the molecule is Cc1ccc(NC2=C(c3ccc(Cl)cc3)C(=O)N(CC(C)C)C2=O)cc1C. The third-order valence-electron chi connectivity index (χ3n) is 4.62. The van der Waals surface area contributed by atoms with Gasteiger partial charge in [0.05, 0.1) is 5.57 Å². The second-order valence-corrected chi connectivity index (χ2v) is 7.73. The molecule has 1 aliphatic rings. The zero-order chi connectivity index (χ0) is 19.7. The molecule has 1 heterocycles. The molecule has 140 valence electrons. The molecule has 1 N–H and O–H groups in total. The minimum atomic E-state index is -0.295. The van der Waals surface area contributed by atoms with Crippen molar-refractivity contribution in [2.45, 2.75) is 27.7 Å². The van der Waals surface area contributed by atoms with E-state index in [0.717, 1.165) is 11.3 Å². The quantitative estimate of drug-likeness (QED) is 0.755. The van der Waals surface area contributed by atoms with Gasteiger partial charge in [-0.05, 0) is 60.7 Å². The molecule has 0 unspecified atom stereocenters. The van der Waals surface area contributed by atoms with Crippen LogP contribution < -0.4 is 5.32 Å². The highest BCUT2D eigenvalue weighted by atomic mass is 35.5. The smallest absolute Gasteiger partial charge is 0.278 e. The first kappa shape index (κ1) is 19.2. The summed E-state index contributed by atoms with van der Waals surface area (Å²) in [6.45, 7) is 8.40. The lowest BCUT2D eigenvalue weighted by Crippen LogP contribution is -2.35. The van der Waals surface area contributed by atoms with Crippen LogP contribution in [0.1, 0.15) is 30.5 Å². The monoisotopic (exact) mass is 382 g/mol. The number of nitrogens with zero attached hydrogens (tertiary/aromatic N) is 1. The molecule has 4 nitrogen and oxygen atoms in total. The number of nitrogens with one attached hydrogen (secondary N) is 1. The first-order valence-corrected chi connectivity index (χ1v) is 9.36. The summed E-state index contributed by atoms with van der Waals surface area (Å²) < 4.78 is 0. The van der Waals surface area contributed by atoms with E-state index in [2.05, 4.69) is 5.32 Å². The molecule has 0 radical (unpaired) electrons. The number of amides is 2. The molecule has 3 rings (SSSR count). The van der Waals surface area contributed by atoms with Crippen molar-refractivity contribution in [2.75, 3.05) is 11.9 Å². The van der Waals surface area contributed by atoms with Crippen molar-refractivity contribution in [2.24, 2.45) is 5.92 Å². The Labute approximate surface area is 164 Å². The molecule has 0 bridgehead atoms. The fourth-order valence-corrected chi connectivity index (χ4v) is 3.20. The molecular weight excluding hydrogens is 360 g/mol. The number of rotatable bonds is 5. The van der Waals surface area contributed by atoms with Crippen molar-refractivity contribution in [1.82, 2.24) is 4.90 Å². The molecule has 2 amide bonds. The van der Waals surface area contributed by atoms with Gasteiger partial charge in [0.15, 0.2) is 0 Å². The van der Waals surface area contributed by atoms with Gasteiger partial charge in [0.2, 0.25) is 0 Å². The highest BCUT2D eigenvalue weighted by Crippen LogP contribution is 2.32. The van der Waals surface area contributed by atoms with Crippen LogP contribution in [0, 0.1) is 19.8 Å². The van der Waals surface area contributed by atoms with Gasteiger partial charge in [-0.25, -0.2) is 0 Å². The molecule has 0 aliphatic carbocycles. The number of halogens is 1. The molecule has 0 aromatic heterocycles. The standard InChI is InChI=1S/C22H23ClN2O2/c1-13(2)12-25-21(26)19(16-6-8-17(23)9-7-16)20(22(25)27)24-18-10-5-14(3)15(4)11-18/h5-11,13,24H,12H2,1-4H3. The molecule has 0 saturated heterocycles. The summed E-state index contributed by atoms with van der Waals surface area (Å²) in [7, 11) is 0. The second kappa shape index (κ2) is 7.57. The number of aryl methyl sites for hydroxylation is 2. The average molecular weight is 383 g/mol. The van der Waals surface area contributed by atoms with E-state index in [4.69, 9.17) is 11.6 Å². The maximum Gasteiger partial charge on any atom is 0.278 e. The number of imide groups is 1. The minimum absolute atomic E-state index is 0.185. The zero-order valence-electron chi connectivity index (χ0n) is 16.0. The summed E-state index contributed by atoms with van der Waals surface area (Å²) in [6, 6.07) is 12.9. The van der Waals surface area contributed by atoms with Crippen molar-refractivity contribution in [3.63, 3.8) is 0 Å². The van der Waals surface area contributed by atoms with Gasteiger partial charge in [0, 0.05) is 17.3 Å². The molecule has 2 aromatic rings. The van der Waals surface area contributed by atoms with Crippen LogP contribution in [0.5, 0.6) is 0 Å². The summed E-state index contributed by atoms with van der Waals surface area (Å²) in [5.74, 6) is -0.385. The predicted molar refractivity (Wildman–Crippen MR) is 109 cm³/mol. The van der Waals surface area contributed by atoms with E-state index >= 15 is 0 Å². The van der Waals surface area contributed by atoms with Gasteiger partial charge in [-0.1, -0.05) is 43.6 Å². The molecule has 1 aliphatic heterocycles. The van der Waals surface area contributed by atoms with Crippen LogP contribution in [-0.4, -0.2) is 23.3 Å². The lowest BCUT2D eigenvalue weighted by atomic mass is 10.0. The fraction of sp³-hybridized carbons (Fsp3) is 0.273. The normalized spacial score (nSPS) is 14.5. The van der Waals surface area contributed by atoms with E-state index in [1.807, 2.05) is 45.9 Å². The van der Waals surface area contributed by atoms with Crippen molar-refractivity contribution in [3.05, 3.63) is 69.9 Å². The summed E-state index contributed by atoms with van der Waals surface area (Å²) in [5, 5.41) is 3.77. The van der Waals surface area contributed by atoms with Gasteiger partial charge in [0.1, 0.15) is 5.70 Å². The van der Waals surface area contributed by atoms with E-state index < -0.39 is 0 Å². The van der Waals surface area contributed by atoms with Gasteiger partial charge in [-0.2, -0.15) is 0 Å². The molecule has 0 saturated carbocycles. The lowest BCUT2D eigenvalue weighted by Gasteiger charge is -2.17. The highest BCUT2D eigenvalue weighted by molar-refractivity contribution is 6.36. The predicted octanol–water partition coefficient (Wildman–Crippen LogP) is 4.80. The van der Waals surface area contributed by atoms with Gasteiger partial charge in [-0.3, -0.25) is 14.5 Å². The third kappa shape index (κ3) is 3.91. The van der Waals surface area contributed by atoms with Crippen LogP contribution >= 0.6 is 11.6 Å². The minimum Gasteiger partial charge on any atom is -0.350 e. The highest BCUT2D eigenvalue weighted by Gasteiger charge is 2.39. The largest absolute Gasteiger partial charge is 0.350 e. The molecule has 0 fully saturated rings. The van der Waals surface area contributed by atoms with Crippen LogP contribution in [0.3, 0.4) is 0 Å². The summed E-state index contributed by atoms with van der Waals surface area (Å²) >= 11 is 5.99. The Morgan fingerprint density at radius 1 is 0.963 bits per heavy atom. The van der Waals surface area contributed by atoms with Crippen molar-refractivity contribution in [3.8, 4) is 0 Å². The van der Waals surface area contributed by atoms with E-state index in [1.165, 1.54) is 10.5 Å². The van der Waals surface area contributed by atoms with E-state index in [1.54, 1.807) is 24.3 Å². The molecular formula is C22H23ClN2O2. The Morgan fingerprint density at radius 3 is 2.22 bits per heavy atom. The van der Waals surface area contributed by atoms with Crippen LogP contribution in [0.25, 0.3) is 5.57 Å². The van der Waals surface area contributed by atoms with Crippen molar-refractivity contribution < 1.29 is 9.59 Å². The number of hydrogen-bond donors (Lipinski definition) is 1. The summed E-state index contributed by atoms with van der Waals surface area (Å²) in [6.07, 6.45) is 0. The average Bonchev–Trinajstić information content (AvgIpc) is 2.83. The van der Waals surface area contributed by atoms with Crippen LogP contribution in [0.15, 0.2) is 48.2 Å². The Balaban J connectivity index is 2.06. The second-order valence-electron chi connectivity index (χ2n) is 7.30. The van der Waals surface area contributed by atoms with Crippen molar-refractivity contribution in [1.29, 1.82) is 0 Å². The fourth-order valence-electron chi connectivity index (χ4n) is 3.07. The summed E-state index contributed by atoms with van der Waals surface area (Å²) in [4.78, 5) is 27.4. The van der Waals surface area contributed by atoms with Crippen molar-refractivity contribution >= 4 is 34.7 Å². The van der Waals surface area contributed by atoms with E-state index in [-0.39, 0.29) is 17.7 Å². The van der Waals surface area contributed by atoms with E-state index in [0.29, 0.717) is 28.4 Å². The molecule has 5 heteroatoms. The van der Waals surface area contributed by atoms with Gasteiger partial charge >= 0.3 is 0 Å². The summed E-state index contributed by atoms with van der Waals surface area (Å²) in [5.41, 5.74) is 4.44. The molecule has 2 aromatic carbocycles. The van der Waals surface area contributed by atoms with Crippen LogP contribution in [0.2, 0.25) is 5.02 Å². The molecule has 0 atom stereocenters. The van der Waals surface area contributed by atoms with Gasteiger partial charge < -0.3 is 5.32 Å². The Hall–Kier alpha value is -2.59. The molecule has 0 spiro atoms.